The number of benzene rings is 4. The third-order valence-corrected chi connectivity index (χ3v) is 6.47. The maximum absolute atomic E-state index is 13.0. The summed E-state index contributed by atoms with van der Waals surface area (Å²) in [6.07, 6.45) is 1.99. The van der Waals surface area contributed by atoms with Gasteiger partial charge in [0.15, 0.2) is 11.5 Å². The molecule has 228 valence electrons. The van der Waals surface area contributed by atoms with Gasteiger partial charge in [-0.25, -0.2) is 10.2 Å². The molecule has 0 saturated heterocycles. The molecule has 0 bridgehead atoms. The van der Waals surface area contributed by atoms with Crippen molar-refractivity contribution in [2.24, 2.45) is 5.10 Å². The molecular formula is C33H30Cl2N2O7. The van der Waals surface area contributed by atoms with Crippen molar-refractivity contribution in [2.75, 3.05) is 13.7 Å². The number of nitrogens with one attached hydrogen (secondary N) is 1. The summed E-state index contributed by atoms with van der Waals surface area (Å²) >= 11 is 11.9. The van der Waals surface area contributed by atoms with E-state index < -0.39 is 18.2 Å². The summed E-state index contributed by atoms with van der Waals surface area (Å²) in [6, 6.07) is 24.5. The van der Waals surface area contributed by atoms with Crippen molar-refractivity contribution >= 4 is 41.3 Å². The number of carbonyl (C=O) groups is 2. The lowest BCUT2D eigenvalue weighted by Gasteiger charge is -2.19. The molecule has 9 nitrogen and oxygen atoms in total. The zero-order chi connectivity index (χ0) is 31.3. The largest absolute Gasteiger partial charge is 0.494 e. The first-order valence-corrected chi connectivity index (χ1v) is 14.4. The van der Waals surface area contributed by atoms with Crippen molar-refractivity contribution in [3.05, 3.63) is 112 Å². The van der Waals surface area contributed by atoms with Gasteiger partial charge in [0.05, 0.1) is 25.5 Å². The molecule has 0 spiro atoms. The van der Waals surface area contributed by atoms with Crippen LogP contribution in [0.2, 0.25) is 10.0 Å². The fourth-order valence-electron chi connectivity index (χ4n) is 3.66. The van der Waals surface area contributed by atoms with Gasteiger partial charge >= 0.3 is 18.2 Å². The highest BCUT2D eigenvalue weighted by molar-refractivity contribution is 6.30. The monoisotopic (exact) mass is 636 g/mol. The van der Waals surface area contributed by atoms with Gasteiger partial charge in [-0.15, -0.1) is 0 Å². The minimum atomic E-state index is -1.39. The number of unbranched alkanes of at least 4 members (excludes halogenated alkanes) is 1. The number of hydrazone groups is 1. The molecule has 11 heteroatoms. The molecule has 0 fully saturated rings. The smallest absolute Gasteiger partial charge is 0.343 e. The number of methoxy groups -OCH3 is 1. The summed E-state index contributed by atoms with van der Waals surface area (Å²) in [5.41, 5.74) is 3.33. The normalized spacial score (nSPS) is 10.8. The molecule has 0 aliphatic rings. The molecule has 0 heterocycles. The Morgan fingerprint density at radius 1 is 0.818 bits per heavy atom. The van der Waals surface area contributed by atoms with Crippen LogP contribution in [0.5, 0.6) is 28.7 Å². The van der Waals surface area contributed by atoms with Gasteiger partial charge in [-0.3, -0.25) is 4.79 Å². The lowest BCUT2D eigenvalue weighted by atomic mass is 10.2. The van der Waals surface area contributed by atoms with Gasteiger partial charge < -0.3 is 23.7 Å². The van der Waals surface area contributed by atoms with Gasteiger partial charge in [0.2, 0.25) is 0 Å². The van der Waals surface area contributed by atoms with Gasteiger partial charge in [0.25, 0.3) is 0 Å². The Morgan fingerprint density at radius 3 is 1.98 bits per heavy atom. The Hall–Kier alpha value is -4.73. The Balaban J connectivity index is 1.39. The molecular weight excluding hydrogens is 607 g/mol. The Labute approximate surface area is 265 Å². The third-order valence-electron chi connectivity index (χ3n) is 5.96. The highest BCUT2D eigenvalue weighted by Gasteiger charge is 2.23. The van der Waals surface area contributed by atoms with Crippen molar-refractivity contribution in [2.45, 2.75) is 26.1 Å². The fraction of sp³-hybridized carbons (Fsp3) is 0.182. The van der Waals surface area contributed by atoms with E-state index in [2.05, 4.69) is 17.5 Å². The van der Waals surface area contributed by atoms with Crippen LogP contribution in [0, 0.1) is 0 Å². The van der Waals surface area contributed by atoms with E-state index in [4.69, 9.17) is 46.9 Å². The van der Waals surface area contributed by atoms with Crippen LogP contribution in [0.15, 0.2) is 96.1 Å². The predicted molar refractivity (Wildman–Crippen MR) is 168 cm³/mol. The topological polar surface area (TPSA) is 105 Å². The highest BCUT2D eigenvalue weighted by Crippen LogP contribution is 2.29. The summed E-state index contributed by atoms with van der Waals surface area (Å²) in [5.74, 6) is 0.688. The number of esters is 1. The lowest BCUT2D eigenvalue weighted by molar-refractivity contribution is -0.140. The first-order valence-electron chi connectivity index (χ1n) is 13.6. The Bertz CT molecular complexity index is 1510. The molecule has 1 amide bonds. The van der Waals surface area contributed by atoms with Crippen molar-refractivity contribution in [3.8, 4) is 28.7 Å². The molecule has 0 unspecified atom stereocenters. The third kappa shape index (κ3) is 9.65. The summed E-state index contributed by atoms with van der Waals surface area (Å²) in [7, 11) is 1.45. The van der Waals surface area contributed by atoms with Crippen molar-refractivity contribution in [1.29, 1.82) is 0 Å². The number of carbonyl (C=O) groups excluding carboxylic acids is 2. The van der Waals surface area contributed by atoms with Crippen LogP contribution in [-0.4, -0.2) is 38.1 Å². The first-order chi connectivity index (χ1) is 21.3. The molecule has 0 atom stereocenters. The van der Waals surface area contributed by atoms with E-state index in [9.17, 15) is 9.59 Å². The van der Waals surface area contributed by atoms with Gasteiger partial charge in [0, 0.05) is 10.0 Å². The van der Waals surface area contributed by atoms with Gasteiger partial charge in [0.1, 0.15) is 17.2 Å². The Morgan fingerprint density at radius 2 is 1.41 bits per heavy atom. The number of amides is 1. The predicted octanol–water partition coefficient (Wildman–Crippen LogP) is 7.33. The molecule has 0 aliphatic carbocycles. The van der Waals surface area contributed by atoms with Crippen molar-refractivity contribution < 1.29 is 33.3 Å². The zero-order valence-corrected chi connectivity index (χ0v) is 25.5. The number of halogens is 2. The first kappa shape index (κ1) is 32.2. The number of hydrogen-bond donors (Lipinski definition) is 1. The van der Waals surface area contributed by atoms with Gasteiger partial charge in [-0.2, -0.15) is 5.10 Å². The molecule has 0 radical (unpaired) electrons. The minimum Gasteiger partial charge on any atom is -0.494 e. The molecule has 1 N–H and O–H groups in total. The van der Waals surface area contributed by atoms with E-state index in [-0.39, 0.29) is 5.75 Å². The maximum Gasteiger partial charge on any atom is 0.343 e. The van der Waals surface area contributed by atoms with Crippen LogP contribution in [0.4, 0.5) is 0 Å². The molecule has 4 aromatic rings. The number of hydrogen-bond acceptors (Lipinski definition) is 8. The zero-order valence-electron chi connectivity index (χ0n) is 24.0. The SMILES string of the molecule is CCCCOc1ccc(C(=O)Oc2ccc(/C=N\NC(=O)C(Oc3ccc(Cl)cc3)Oc3ccc(Cl)cc3)cc2OC)cc1. The van der Waals surface area contributed by atoms with E-state index in [0.29, 0.717) is 50.8 Å². The summed E-state index contributed by atoms with van der Waals surface area (Å²) in [5, 5.41) is 5.05. The van der Waals surface area contributed by atoms with E-state index in [0.717, 1.165) is 12.8 Å². The molecule has 4 aromatic carbocycles. The number of nitrogens with zero attached hydrogens (tertiary/aromatic N) is 1. The minimum absolute atomic E-state index is 0.217. The average Bonchev–Trinajstić information content (AvgIpc) is 3.03. The number of rotatable bonds is 14. The average molecular weight is 638 g/mol. The van der Waals surface area contributed by atoms with Crippen LogP contribution < -0.4 is 29.1 Å². The van der Waals surface area contributed by atoms with Crippen LogP contribution in [0.3, 0.4) is 0 Å². The molecule has 0 saturated carbocycles. The van der Waals surface area contributed by atoms with Gasteiger partial charge in [-0.05, 0) is 103 Å². The number of ether oxygens (including phenoxy) is 5. The second-order valence-corrected chi connectivity index (χ2v) is 10.1. The molecule has 44 heavy (non-hydrogen) atoms. The Kier molecular flexibility index (Phi) is 11.9. The summed E-state index contributed by atoms with van der Waals surface area (Å²) in [6.45, 7) is 2.70. The summed E-state index contributed by atoms with van der Waals surface area (Å²) in [4.78, 5) is 25.7. The van der Waals surface area contributed by atoms with Crippen molar-refractivity contribution in [1.82, 2.24) is 5.43 Å². The van der Waals surface area contributed by atoms with E-state index in [1.807, 2.05) is 0 Å². The summed E-state index contributed by atoms with van der Waals surface area (Å²) < 4.78 is 28.1. The highest BCUT2D eigenvalue weighted by atomic mass is 35.5. The quantitative estimate of drug-likeness (QED) is 0.0386. The van der Waals surface area contributed by atoms with E-state index in [1.165, 1.54) is 13.3 Å². The lowest BCUT2D eigenvalue weighted by Crippen LogP contribution is -2.40. The second-order valence-electron chi connectivity index (χ2n) is 9.24. The maximum atomic E-state index is 13.0. The standard InChI is InChI=1S/C33H30Cl2N2O7/c1-3-4-19-41-26-12-6-23(7-13-26)32(39)44-29-18-5-22(20-30(29)40-2)21-36-37-31(38)33(42-27-14-8-24(34)9-15-27)43-28-16-10-25(35)11-17-28/h5-18,20-21,33H,3-4,19H2,1-2H3,(H,37,38)/b36-21-. The van der Waals surface area contributed by atoms with E-state index in [1.54, 1.807) is 91.0 Å². The van der Waals surface area contributed by atoms with Crippen LogP contribution in [0.25, 0.3) is 0 Å². The molecule has 0 aromatic heterocycles. The van der Waals surface area contributed by atoms with Crippen LogP contribution in [0.1, 0.15) is 35.7 Å². The molecule has 0 aliphatic heterocycles. The molecule has 4 rings (SSSR count). The van der Waals surface area contributed by atoms with E-state index >= 15 is 0 Å². The van der Waals surface area contributed by atoms with Crippen molar-refractivity contribution in [3.63, 3.8) is 0 Å². The second kappa shape index (κ2) is 16.2. The van der Waals surface area contributed by atoms with Gasteiger partial charge in [-0.1, -0.05) is 36.5 Å². The van der Waals surface area contributed by atoms with Crippen LogP contribution >= 0.6 is 23.2 Å². The fourth-order valence-corrected chi connectivity index (χ4v) is 3.91. The van der Waals surface area contributed by atoms with Crippen LogP contribution in [-0.2, 0) is 4.79 Å².